The molecule has 1 heterocycles. The van der Waals surface area contributed by atoms with Crippen LogP contribution in [0.1, 0.15) is 42.6 Å². The van der Waals surface area contributed by atoms with Crippen LogP contribution in [0.4, 0.5) is 0 Å². The molecule has 1 aliphatic heterocycles. The van der Waals surface area contributed by atoms with Gasteiger partial charge in [0.05, 0.1) is 0 Å². The van der Waals surface area contributed by atoms with Crippen molar-refractivity contribution in [3.05, 3.63) is 35.4 Å². The number of carbonyl (C=O) groups excluding carboxylic acids is 4. The highest BCUT2D eigenvalue weighted by molar-refractivity contribution is 5.99. The van der Waals surface area contributed by atoms with Gasteiger partial charge in [-0.3, -0.25) is 19.3 Å². The van der Waals surface area contributed by atoms with E-state index in [1.54, 1.807) is 26.0 Å². The van der Waals surface area contributed by atoms with Crippen molar-refractivity contribution >= 4 is 23.7 Å². The van der Waals surface area contributed by atoms with Gasteiger partial charge >= 0.3 is 5.97 Å². The van der Waals surface area contributed by atoms with Crippen molar-refractivity contribution < 1.29 is 23.9 Å². The van der Waals surface area contributed by atoms with Crippen molar-refractivity contribution in [2.75, 3.05) is 13.2 Å². The molecule has 7 nitrogen and oxygen atoms in total. The Kier molecular flexibility index (Phi) is 6.49. The third-order valence-electron chi connectivity index (χ3n) is 4.23. The molecule has 1 N–H and O–H groups in total. The Hall–Kier alpha value is -2.70. The molecule has 0 radical (unpaired) electrons. The van der Waals surface area contributed by atoms with Crippen LogP contribution in [0.3, 0.4) is 0 Å². The number of likely N-dealkylation sites (tertiary alicyclic amines) is 1. The summed E-state index contributed by atoms with van der Waals surface area (Å²) in [5, 5.41) is 2.65. The average Bonchev–Trinajstić information content (AvgIpc) is 3.03. The van der Waals surface area contributed by atoms with Crippen molar-refractivity contribution in [3.8, 4) is 0 Å². The highest BCUT2D eigenvalue weighted by Crippen LogP contribution is 2.11. The lowest BCUT2D eigenvalue weighted by molar-refractivity contribution is -0.156. The Morgan fingerprint density at radius 3 is 2.38 bits per heavy atom. The lowest BCUT2D eigenvalue weighted by atomic mass is 10.0. The topological polar surface area (TPSA) is 92.8 Å². The van der Waals surface area contributed by atoms with Crippen LogP contribution in [0.5, 0.6) is 0 Å². The third-order valence-corrected chi connectivity index (χ3v) is 4.23. The Balaban J connectivity index is 1.94. The predicted molar refractivity (Wildman–Crippen MR) is 94.2 cm³/mol. The van der Waals surface area contributed by atoms with Gasteiger partial charge in [0.1, 0.15) is 6.04 Å². The Labute approximate surface area is 152 Å². The van der Waals surface area contributed by atoms with E-state index in [-0.39, 0.29) is 17.7 Å². The van der Waals surface area contributed by atoms with E-state index in [9.17, 15) is 19.2 Å². The summed E-state index contributed by atoms with van der Waals surface area (Å²) in [5.74, 6) is -2.09. The maximum atomic E-state index is 12.3. The maximum absolute atomic E-state index is 12.3. The van der Waals surface area contributed by atoms with E-state index >= 15 is 0 Å². The number of hydrogen-bond acceptors (Lipinski definition) is 5. The van der Waals surface area contributed by atoms with Gasteiger partial charge in [-0.1, -0.05) is 31.5 Å². The SMILES string of the molecule is Cc1ccc(C(=O)N[C@H](C(=O)OCC(=O)N2CCCC2=O)C(C)C)cc1. The second kappa shape index (κ2) is 8.60. The highest BCUT2D eigenvalue weighted by Gasteiger charge is 2.30. The molecular weight excluding hydrogens is 336 g/mol. The van der Waals surface area contributed by atoms with Gasteiger partial charge in [-0.05, 0) is 31.4 Å². The number of amides is 3. The van der Waals surface area contributed by atoms with Gasteiger partial charge in [0, 0.05) is 18.5 Å². The first-order valence-electron chi connectivity index (χ1n) is 8.67. The van der Waals surface area contributed by atoms with Crippen LogP contribution in [-0.4, -0.2) is 47.8 Å². The highest BCUT2D eigenvalue weighted by atomic mass is 16.5. The Morgan fingerprint density at radius 1 is 1.19 bits per heavy atom. The van der Waals surface area contributed by atoms with Gasteiger partial charge in [0.25, 0.3) is 11.8 Å². The van der Waals surface area contributed by atoms with E-state index < -0.39 is 24.5 Å². The van der Waals surface area contributed by atoms with Crippen LogP contribution in [0, 0.1) is 12.8 Å². The molecular formula is C19H24N2O5. The molecule has 0 saturated carbocycles. The van der Waals surface area contributed by atoms with Crippen molar-refractivity contribution in [3.63, 3.8) is 0 Å². The van der Waals surface area contributed by atoms with Gasteiger partial charge in [-0.25, -0.2) is 4.79 Å². The lowest BCUT2D eigenvalue weighted by Crippen LogP contribution is -2.46. The number of nitrogens with zero attached hydrogens (tertiary/aromatic N) is 1. The number of imide groups is 1. The molecule has 1 fully saturated rings. The molecule has 7 heteroatoms. The summed E-state index contributed by atoms with van der Waals surface area (Å²) in [6.45, 7) is 5.31. The molecule has 1 atom stereocenters. The van der Waals surface area contributed by atoms with Gasteiger partial charge in [-0.15, -0.1) is 0 Å². The van der Waals surface area contributed by atoms with Crippen molar-refractivity contribution in [1.82, 2.24) is 10.2 Å². The fourth-order valence-corrected chi connectivity index (χ4v) is 2.64. The maximum Gasteiger partial charge on any atom is 0.329 e. The van der Waals surface area contributed by atoms with Gasteiger partial charge in [0.2, 0.25) is 5.91 Å². The average molecular weight is 360 g/mol. The second-order valence-electron chi connectivity index (χ2n) is 6.71. The summed E-state index contributed by atoms with van der Waals surface area (Å²) in [7, 11) is 0. The number of rotatable bonds is 6. The standard InChI is InChI=1S/C19H24N2O5/c1-12(2)17(20-18(24)14-8-6-13(3)7-9-14)19(25)26-11-16(23)21-10-4-5-15(21)22/h6-9,12,17H,4-5,10-11H2,1-3H3,(H,20,24)/t17-/m0/s1. The minimum absolute atomic E-state index is 0.222. The molecule has 1 aliphatic rings. The number of hydrogen-bond donors (Lipinski definition) is 1. The first-order valence-corrected chi connectivity index (χ1v) is 8.67. The first kappa shape index (κ1) is 19.6. The molecule has 0 bridgehead atoms. The van der Waals surface area contributed by atoms with E-state index in [0.717, 1.165) is 10.5 Å². The van der Waals surface area contributed by atoms with E-state index in [2.05, 4.69) is 5.32 Å². The van der Waals surface area contributed by atoms with Gasteiger partial charge in [-0.2, -0.15) is 0 Å². The monoisotopic (exact) mass is 360 g/mol. The zero-order chi connectivity index (χ0) is 19.3. The second-order valence-corrected chi connectivity index (χ2v) is 6.71. The molecule has 1 aromatic rings. The Bertz CT molecular complexity index is 696. The third kappa shape index (κ3) is 4.91. The van der Waals surface area contributed by atoms with Crippen LogP contribution in [0.15, 0.2) is 24.3 Å². The molecule has 2 rings (SSSR count). The van der Waals surface area contributed by atoms with Crippen LogP contribution in [0.2, 0.25) is 0 Å². The van der Waals surface area contributed by atoms with E-state index in [4.69, 9.17) is 4.74 Å². The normalized spacial score (nSPS) is 15.1. The zero-order valence-corrected chi connectivity index (χ0v) is 15.3. The van der Waals surface area contributed by atoms with Crippen LogP contribution < -0.4 is 5.32 Å². The summed E-state index contributed by atoms with van der Waals surface area (Å²) in [6.07, 6.45) is 0.959. The van der Waals surface area contributed by atoms with Gasteiger partial charge in [0.15, 0.2) is 6.61 Å². The number of esters is 1. The number of benzene rings is 1. The van der Waals surface area contributed by atoms with Crippen LogP contribution in [0.25, 0.3) is 0 Å². The minimum atomic E-state index is -0.883. The predicted octanol–water partition coefficient (Wildman–Crippen LogP) is 1.44. The van der Waals surface area contributed by atoms with Crippen molar-refractivity contribution in [1.29, 1.82) is 0 Å². The molecule has 1 saturated heterocycles. The molecule has 0 unspecified atom stereocenters. The molecule has 3 amide bonds. The molecule has 140 valence electrons. The molecule has 0 aromatic heterocycles. The number of ether oxygens (including phenoxy) is 1. The van der Waals surface area contributed by atoms with E-state index in [1.165, 1.54) is 0 Å². The number of nitrogens with one attached hydrogen (secondary N) is 1. The van der Waals surface area contributed by atoms with E-state index in [1.807, 2.05) is 19.1 Å². The van der Waals surface area contributed by atoms with Crippen LogP contribution >= 0.6 is 0 Å². The quantitative estimate of drug-likeness (QED) is 0.775. The molecule has 0 aliphatic carbocycles. The summed E-state index contributed by atoms with van der Waals surface area (Å²) in [5.41, 5.74) is 1.46. The molecule has 1 aromatic carbocycles. The summed E-state index contributed by atoms with van der Waals surface area (Å²) < 4.78 is 5.05. The first-order chi connectivity index (χ1) is 12.3. The summed E-state index contributed by atoms with van der Waals surface area (Å²) in [6, 6.07) is 6.09. The largest absolute Gasteiger partial charge is 0.454 e. The number of carbonyl (C=O) groups is 4. The summed E-state index contributed by atoms with van der Waals surface area (Å²) in [4.78, 5) is 49.2. The lowest BCUT2D eigenvalue weighted by Gasteiger charge is -2.21. The fourth-order valence-electron chi connectivity index (χ4n) is 2.64. The van der Waals surface area contributed by atoms with Crippen molar-refractivity contribution in [2.24, 2.45) is 5.92 Å². The molecule has 26 heavy (non-hydrogen) atoms. The Morgan fingerprint density at radius 2 is 1.85 bits per heavy atom. The smallest absolute Gasteiger partial charge is 0.329 e. The fraction of sp³-hybridized carbons (Fsp3) is 0.474. The van der Waals surface area contributed by atoms with E-state index in [0.29, 0.717) is 24.9 Å². The zero-order valence-electron chi connectivity index (χ0n) is 15.3. The number of aryl methyl sites for hydroxylation is 1. The van der Waals surface area contributed by atoms with Crippen molar-refractivity contribution in [2.45, 2.75) is 39.7 Å². The van der Waals surface area contributed by atoms with Crippen LogP contribution in [-0.2, 0) is 19.1 Å². The minimum Gasteiger partial charge on any atom is -0.454 e. The molecule has 0 spiro atoms. The summed E-state index contributed by atoms with van der Waals surface area (Å²) >= 11 is 0. The van der Waals surface area contributed by atoms with Gasteiger partial charge < -0.3 is 10.1 Å².